The van der Waals surface area contributed by atoms with Crippen LogP contribution in [0.2, 0.25) is 0 Å². The second-order valence-corrected chi connectivity index (χ2v) is 8.42. The van der Waals surface area contributed by atoms with Gasteiger partial charge in [0.2, 0.25) is 3.79 Å². The number of aryl methyl sites for hydroxylation is 1. The molecular weight excluding hydrogens is 465 g/mol. The minimum Gasteiger partial charge on any atom is -0.465 e. The minimum absolute atomic E-state index is 0.0633. The highest BCUT2D eigenvalue weighted by Crippen LogP contribution is 2.42. The highest BCUT2D eigenvalue weighted by molar-refractivity contribution is 6.67. The van der Waals surface area contributed by atoms with Gasteiger partial charge in [-0.3, -0.25) is 9.47 Å². The molecule has 0 aliphatic carbocycles. The van der Waals surface area contributed by atoms with Gasteiger partial charge >= 0.3 is 11.9 Å². The molecule has 3 heterocycles. The van der Waals surface area contributed by atoms with Crippen molar-refractivity contribution in [3.63, 3.8) is 0 Å². The molecule has 160 valence electrons. The van der Waals surface area contributed by atoms with E-state index < -0.39 is 21.0 Å². The zero-order valence-electron chi connectivity index (χ0n) is 15.2. The molecule has 0 spiro atoms. The van der Waals surface area contributed by atoms with Crippen LogP contribution in [0.4, 0.5) is 16.4 Å². The van der Waals surface area contributed by atoms with Gasteiger partial charge in [0.1, 0.15) is 24.6 Å². The van der Waals surface area contributed by atoms with Crippen molar-refractivity contribution in [2.75, 3.05) is 12.3 Å². The molecule has 3 rings (SSSR count). The van der Waals surface area contributed by atoms with Gasteiger partial charge in [-0.2, -0.15) is 0 Å². The Morgan fingerprint density at radius 2 is 2.07 bits per heavy atom. The van der Waals surface area contributed by atoms with Gasteiger partial charge in [0.15, 0.2) is 23.5 Å². The molecule has 13 nitrogen and oxygen atoms in total. The van der Waals surface area contributed by atoms with Crippen LogP contribution in [0.25, 0.3) is 11.2 Å². The fraction of sp³-hybridized carbons (Fsp3) is 0.357. The van der Waals surface area contributed by atoms with Gasteiger partial charge in [-0.05, 0) is 4.92 Å². The number of alkyl halides is 3. The van der Waals surface area contributed by atoms with E-state index in [1.165, 1.54) is 15.5 Å². The molecule has 0 aliphatic heterocycles. The van der Waals surface area contributed by atoms with Crippen LogP contribution in [0.3, 0.4) is 0 Å². The number of fused-ring (bicyclic) bond motifs is 1. The van der Waals surface area contributed by atoms with Crippen molar-refractivity contribution in [3.05, 3.63) is 34.8 Å². The molecule has 1 amide bonds. The Morgan fingerprint density at radius 3 is 2.67 bits per heavy atom. The third kappa shape index (κ3) is 4.04. The van der Waals surface area contributed by atoms with Crippen molar-refractivity contribution in [1.82, 2.24) is 34.0 Å². The molecule has 3 aromatic heterocycles. The monoisotopic (exact) mass is 477 g/mol. The van der Waals surface area contributed by atoms with Crippen molar-refractivity contribution in [3.8, 4) is 0 Å². The fourth-order valence-electron chi connectivity index (χ4n) is 2.94. The Morgan fingerprint density at radius 1 is 1.37 bits per heavy atom. The lowest BCUT2D eigenvalue weighted by atomic mass is 10.4. The Labute approximate surface area is 183 Å². The van der Waals surface area contributed by atoms with E-state index in [1.54, 1.807) is 6.92 Å². The number of nitrogens with zero attached hydrogens (tertiary/aromatic N) is 8. The van der Waals surface area contributed by atoms with Crippen LogP contribution < -0.4 is 5.73 Å². The van der Waals surface area contributed by atoms with Crippen LogP contribution in [-0.2, 0) is 6.54 Å². The summed E-state index contributed by atoms with van der Waals surface area (Å²) in [4.78, 5) is 39.2. The number of carboxylic acid groups (broad SMARTS) is 1. The van der Waals surface area contributed by atoms with Crippen LogP contribution >= 0.6 is 34.8 Å². The quantitative estimate of drug-likeness (QED) is 0.306. The van der Waals surface area contributed by atoms with Gasteiger partial charge in [0, 0.05) is 6.92 Å². The second-order valence-electron chi connectivity index (χ2n) is 6.05. The Balaban J connectivity index is 2.02. The molecule has 0 saturated heterocycles. The predicted molar refractivity (Wildman–Crippen MR) is 107 cm³/mol. The predicted octanol–water partition coefficient (Wildman–Crippen LogP) is 2.37. The van der Waals surface area contributed by atoms with E-state index in [0.717, 1.165) is 17.4 Å². The van der Waals surface area contributed by atoms with Gasteiger partial charge in [-0.1, -0.05) is 34.8 Å². The molecule has 0 radical (unpaired) electrons. The number of anilines is 1. The summed E-state index contributed by atoms with van der Waals surface area (Å²) in [5.41, 5.74) is 6.11. The molecule has 3 aromatic rings. The molecule has 0 aliphatic rings. The van der Waals surface area contributed by atoms with E-state index >= 15 is 0 Å². The number of carbonyl (C=O) groups is 1. The first-order valence-electron chi connectivity index (χ1n) is 8.18. The molecule has 1 unspecified atom stereocenters. The zero-order chi connectivity index (χ0) is 22.2. The average molecular weight is 479 g/mol. The fourth-order valence-corrected chi connectivity index (χ4v) is 3.61. The smallest absolute Gasteiger partial charge is 0.409 e. The van der Waals surface area contributed by atoms with E-state index in [9.17, 15) is 20.0 Å². The number of halogens is 3. The summed E-state index contributed by atoms with van der Waals surface area (Å²) in [5, 5.41) is 21.0. The van der Waals surface area contributed by atoms with Gasteiger partial charge < -0.3 is 21.0 Å². The molecule has 30 heavy (non-hydrogen) atoms. The van der Waals surface area contributed by atoms with Crippen LogP contribution in [-0.4, -0.2) is 60.4 Å². The minimum atomic E-state index is -2.15. The van der Waals surface area contributed by atoms with Crippen molar-refractivity contribution in [2.45, 2.75) is 23.4 Å². The van der Waals surface area contributed by atoms with Crippen molar-refractivity contribution >= 4 is 63.7 Å². The molecule has 0 fully saturated rings. The maximum absolute atomic E-state index is 12.0. The number of nitrogens with two attached hydrogens (primary N) is 1. The molecule has 0 saturated carbocycles. The summed E-state index contributed by atoms with van der Waals surface area (Å²) in [6.45, 7) is 1.16. The number of amides is 1. The topological polar surface area (TPSA) is 171 Å². The number of hydrogen-bond donors (Lipinski definition) is 2. The van der Waals surface area contributed by atoms with Crippen LogP contribution in [0.15, 0.2) is 18.9 Å². The zero-order valence-corrected chi connectivity index (χ0v) is 17.5. The maximum Gasteiger partial charge on any atom is 0.409 e. The van der Waals surface area contributed by atoms with Gasteiger partial charge in [-0.15, -0.1) is 0 Å². The summed E-state index contributed by atoms with van der Waals surface area (Å²) in [7, 11) is 0. The SMILES string of the molecule is Cc1ncc([N+](=O)[O-])n1CCN(C(=O)O)C(n1cnc2c(N)ncnc21)C(Cl)(Cl)Cl. The number of imidazole rings is 2. The first kappa shape index (κ1) is 21.8. The lowest BCUT2D eigenvalue weighted by molar-refractivity contribution is -0.392. The van der Waals surface area contributed by atoms with E-state index in [1.807, 2.05) is 0 Å². The Kier molecular flexibility index (Phi) is 5.87. The van der Waals surface area contributed by atoms with E-state index in [-0.39, 0.29) is 35.9 Å². The second kappa shape index (κ2) is 8.08. The third-order valence-electron chi connectivity index (χ3n) is 4.27. The van der Waals surface area contributed by atoms with Gasteiger partial charge in [0.25, 0.3) is 0 Å². The maximum atomic E-state index is 12.0. The summed E-state index contributed by atoms with van der Waals surface area (Å²) in [6.07, 6.45) is 0.617. The summed E-state index contributed by atoms with van der Waals surface area (Å²) >= 11 is 18.4. The molecule has 0 bridgehead atoms. The average Bonchev–Trinajstić information content (AvgIpc) is 3.22. The largest absolute Gasteiger partial charge is 0.465 e. The van der Waals surface area contributed by atoms with Gasteiger partial charge in [0.05, 0.1) is 12.9 Å². The lowest BCUT2D eigenvalue weighted by Gasteiger charge is -2.34. The van der Waals surface area contributed by atoms with Crippen molar-refractivity contribution < 1.29 is 14.8 Å². The third-order valence-corrected chi connectivity index (χ3v) is 4.86. The van der Waals surface area contributed by atoms with Crippen molar-refractivity contribution in [2.24, 2.45) is 0 Å². The first-order valence-corrected chi connectivity index (χ1v) is 9.31. The molecule has 1 atom stereocenters. The first-order chi connectivity index (χ1) is 14.0. The standard InChI is InChI=1S/C14H14Cl3N9O4/c1-7-19-4-8(26(29)30)23(7)2-3-24(13(27)28)12(14(15,16)17)25-6-22-9-10(18)20-5-21-11(9)25/h4-6,12H,2-3H2,1H3,(H,27,28)(H2,18,20,21). The normalized spacial score (nSPS) is 12.8. The van der Waals surface area contributed by atoms with Crippen LogP contribution in [0.5, 0.6) is 0 Å². The van der Waals surface area contributed by atoms with Crippen LogP contribution in [0.1, 0.15) is 12.0 Å². The van der Waals surface area contributed by atoms with Gasteiger partial charge in [-0.25, -0.2) is 29.3 Å². The number of hydrogen-bond acceptors (Lipinski definition) is 8. The summed E-state index contributed by atoms with van der Waals surface area (Å²) < 4.78 is 0.336. The lowest BCUT2D eigenvalue weighted by Crippen LogP contribution is -2.45. The van der Waals surface area contributed by atoms with E-state index in [0.29, 0.717) is 5.82 Å². The highest BCUT2D eigenvalue weighted by Gasteiger charge is 2.42. The number of aromatic nitrogens is 6. The Hall–Kier alpha value is -2.90. The van der Waals surface area contributed by atoms with Crippen molar-refractivity contribution in [1.29, 1.82) is 0 Å². The summed E-state index contributed by atoms with van der Waals surface area (Å²) in [6, 6.07) is 0. The number of nitrogen functional groups attached to an aromatic ring is 1. The van der Waals surface area contributed by atoms with E-state index in [2.05, 4.69) is 19.9 Å². The molecule has 0 aromatic carbocycles. The number of rotatable bonds is 6. The number of nitro groups is 1. The van der Waals surface area contributed by atoms with Crippen LogP contribution in [0, 0.1) is 17.0 Å². The molecular formula is C14H14Cl3N9O4. The Bertz CT molecular complexity index is 1110. The highest BCUT2D eigenvalue weighted by atomic mass is 35.6. The van der Waals surface area contributed by atoms with E-state index in [4.69, 9.17) is 40.5 Å². The molecule has 16 heteroatoms. The summed E-state index contributed by atoms with van der Waals surface area (Å²) in [5.74, 6) is 0.0938. The molecule has 3 N–H and O–H groups in total.